The molecule has 0 fully saturated rings. The van der Waals surface area contributed by atoms with Crippen LogP contribution >= 0.6 is 24.0 Å². The van der Waals surface area contributed by atoms with Crippen molar-refractivity contribution in [2.45, 2.75) is 31.8 Å². The van der Waals surface area contributed by atoms with Crippen molar-refractivity contribution in [3.8, 4) is 0 Å². The van der Waals surface area contributed by atoms with Crippen LogP contribution in [0.3, 0.4) is 0 Å². The van der Waals surface area contributed by atoms with E-state index in [-0.39, 0.29) is 42.5 Å². The lowest BCUT2D eigenvalue weighted by Crippen LogP contribution is -2.48. The van der Waals surface area contributed by atoms with Gasteiger partial charge in [-0.15, -0.1) is 24.0 Å². The quantitative estimate of drug-likeness (QED) is 0.228. The molecule has 1 amide bonds. The smallest absolute Gasteiger partial charge is 0.243 e. The normalized spacial score (nSPS) is 15.5. The molecule has 1 aromatic heterocycles. The number of anilines is 1. The van der Waals surface area contributed by atoms with Crippen LogP contribution < -0.4 is 15.5 Å². The van der Waals surface area contributed by atoms with Crippen LogP contribution in [0.4, 0.5) is 5.69 Å². The molecule has 31 heavy (non-hydrogen) atoms. The summed E-state index contributed by atoms with van der Waals surface area (Å²) in [5.74, 6) is 1.66. The fourth-order valence-electron chi connectivity index (χ4n) is 3.32. The first-order valence-corrected chi connectivity index (χ1v) is 10.4. The second-order valence-corrected chi connectivity index (χ2v) is 7.73. The Labute approximate surface area is 201 Å². The molecule has 0 radical (unpaired) electrons. The summed E-state index contributed by atoms with van der Waals surface area (Å²) < 4.78 is 1.93. The summed E-state index contributed by atoms with van der Waals surface area (Å²) in [6.07, 6.45) is 4.39. The highest BCUT2D eigenvalue weighted by atomic mass is 127. The summed E-state index contributed by atoms with van der Waals surface area (Å²) >= 11 is 0. The molecule has 1 aliphatic rings. The Kier molecular flexibility index (Phi) is 10.0. The number of hydrogen-bond acceptors (Lipinski definition) is 5. The lowest BCUT2D eigenvalue weighted by Gasteiger charge is -2.26. The predicted molar refractivity (Wildman–Crippen MR) is 134 cm³/mol. The van der Waals surface area contributed by atoms with Crippen molar-refractivity contribution in [3.63, 3.8) is 0 Å². The molecule has 0 spiro atoms. The van der Waals surface area contributed by atoms with Gasteiger partial charge in [-0.25, -0.2) is 14.7 Å². The average Bonchev–Trinajstić information content (AvgIpc) is 3.22. The summed E-state index contributed by atoms with van der Waals surface area (Å²) in [7, 11) is 5.58. The van der Waals surface area contributed by atoms with E-state index >= 15 is 0 Å². The molecular weight excluding hydrogens is 507 g/mol. The molecule has 0 bridgehead atoms. The Balaban J connectivity index is 0.00000341. The fourth-order valence-corrected chi connectivity index (χ4v) is 3.32. The number of para-hydroxylation sites is 1. The zero-order valence-corrected chi connectivity index (χ0v) is 20.8. The van der Waals surface area contributed by atoms with Gasteiger partial charge in [-0.1, -0.05) is 18.2 Å². The number of nitrogens with one attached hydrogen (secondary N) is 2. The molecule has 0 aliphatic carbocycles. The number of halogens is 1. The Bertz CT molecular complexity index is 839. The third-order valence-corrected chi connectivity index (χ3v) is 5.18. The van der Waals surface area contributed by atoms with Gasteiger partial charge in [0.25, 0.3) is 0 Å². The Morgan fingerprint density at radius 3 is 2.77 bits per heavy atom. The van der Waals surface area contributed by atoms with Crippen LogP contribution in [0, 0.1) is 0 Å². The minimum Gasteiger partial charge on any atom is -0.375 e. The van der Waals surface area contributed by atoms with Crippen molar-refractivity contribution >= 4 is 41.5 Å². The van der Waals surface area contributed by atoms with Crippen LogP contribution in [0.25, 0.3) is 0 Å². The average molecular weight is 540 g/mol. The van der Waals surface area contributed by atoms with Crippen molar-refractivity contribution in [3.05, 3.63) is 42.5 Å². The van der Waals surface area contributed by atoms with Gasteiger partial charge in [0.15, 0.2) is 5.96 Å². The topological polar surface area (TPSA) is 90.7 Å². The van der Waals surface area contributed by atoms with Crippen LogP contribution in [0.2, 0.25) is 0 Å². The van der Waals surface area contributed by atoms with Gasteiger partial charge in [0.2, 0.25) is 5.91 Å². The highest BCUT2D eigenvalue weighted by Crippen LogP contribution is 2.12. The van der Waals surface area contributed by atoms with Crippen molar-refractivity contribution in [1.82, 2.24) is 30.3 Å². The SMILES string of the molecule is CN(C)C(=O)CN=C(NCCCN(C)c1ccccc1)NC1CCc2ncnn2C1.I. The second kappa shape index (κ2) is 12.5. The van der Waals surface area contributed by atoms with E-state index in [1.165, 1.54) is 5.69 Å². The molecule has 2 heterocycles. The molecule has 1 unspecified atom stereocenters. The minimum absolute atomic E-state index is 0. The van der Waals surface area contributed by atoms with Crippen molar-refractivity contribution < 1.29 is 4.79 Å². The van der Waals surface area contributed by atoms with Gasteiger partial charge in [-0.2, -0.15) is 5.10 Å². The highest BCUT2D eigenvalue weighted by molar-refractivity contribution is 14.0. The second-order valence-electron chi connectivity index (χ2n) is 7.73. The van der Waals surface area contributed by atoms with Gasteiger partial charge < -0.3 is 20.4 Å². The molecule has 0 saturated heterocycles. The van der Waals surface area contributed by atoms with Crippen LogP contribution in [0.1, 0.15) is 18.7 Å². The van der Waals surface area contributed by atoms with E-state index < -0.39 is 0 Å². The van der Waals surface area contributed by atoms with E-state index in [1.807, 2.05) is 22.9 Å². The molecular formula is C21H33IN8O. The molecule has 2 aromatic rings. The van der Waals surface area contributed by atoms with Gasteiger partial charge >= 0.3 is 0 Å². The third-order valence-electron chi connectivity index (χ3n) is 5.18. The van der Waals surface area contributed by atoms with E-state index in [9.17, 15) is 4.79 Å². The summed E-state index contributed by atoms with van der Waals surface area (Å²) in [6.45, 7) is 2.55. The molecule has 1 aromatic carbocycles. The lowest BCUT2D eigenvalue weighted by molar-refractivity contribution is -0.127. The van der Waals surface area contributed by atoms with E-state index in [4.69, 9.17) is 0 Å². The van der Waals surface area contributed by atoms with Gasteiger partial charge in [-0.3, -0.25) is 4.79 Å². The third kappa shape index (κ3) is 7.67. The zero-order chi connectivity index (χ0) is 21.3. The molecule has 9 nitrogen and oxygen atoms in total. The molecule has 3 rings (SSSR count). The van der Waals surface area contributed by atoms with Crippen LogP contribution in [-0.4, -0.2) is 78.4 Å². The highest BCUT2D eigenvalue weighted by Gasteiger charge is 2.20. The first-order chi connectivity index (χ1) is 14.5. The number of aromatic nitrogens is 3. The fraction of sp³-hybridized carbons (Fsp3) is 0.524. The Morgan fingerprint density at radius 1 is 1.26 bits per heavy atom. The van der Waals surface area contributed by atoms with Crippen molar-refractivity contribution in [2.75, 3.05) is 45.7 Å². The number of carbonyl (C=O) groups excluding carboxylic acids is 1. The number of likely N-dealkylation sites (N-methyl/N-ethyl adjacent to an activating group) is 1. The number of carbonyl (C=O) groups is 1. The number of hydrogen-bond donors (Lipinski definition) is 2. The van der Waals surface area contributed by atoms with Crippen molar-refractivity contribution in [2.24, 2.45) is 4.99 Å². The van der Waals surface area contributed by atoms with Gasteiger partial charge in [0, 0.05) is 52.4 Å². The minimum atomic E-state index is -0.0258. The molecule has 2 N–H and O–H groups in total. The van der Waals surface area contributed by atoms with Crippen LogP contribution in [0.5, 0.6) is 0 Å². The van der Waals surface area contributed by atoms with Gasteiger partial charge in [0.05, 0.1) is 6.54 Å². The molecule has 170 valence electrons. The number of aliphatic imine (C=N–C) groups is 1. The maximum absolute atomic E-state index is 12.0. The van der Waals surface area contributed by atoms with Crippen LogP contribution in [0.15, 0.2) is 41.7 Å². The summed E-state index contributed by atoms with van der Waals surface area (Å²) in [6, 6.07) is 10.5. The number of rotatable bonds is 8. The largest absolute Gasteiger partial charge is 0.375 e. The maximum Gasteiger partial charge on any atom is 0.243 e. The summed E-state index contributed by atoms with van der Waals surface area (Å²) in [4.78, 5) is 24.5. The van der Waals surface area contributed by atoms with Gasteiger partial charge in [0.1, 0.15) is 18.7 Å². The zero-order valence-electron chi connectivity index (χ0n) is 18.5. The Hall–Kier alpha value is -2.37. The standard InChI is InChI=1S/C21H32N8O.HI/c1-27(2)20(30)14-23-21(26-17-10-11-19-24-16-25-29(19)15-17)22-12-7-13-28(3)18-8-5-4-6-9-18;/h4-6,8-9,16-17H,7,10-15H2,1-3H3,(H2,22,23,26);1H. The first-order valence-electron chi connectivity index (χ1n) is 10.4. The monoisotopic (exact) mass is 540 g/mol. The Morgan fingerprint density at radius 2 is 2.03 bits per heavy atom. The predicted octanol–water partition coefficient (Wildman–Crippen LogP) is 1.36. The summed E-state index contributed by atoms with van der Waals surface area (Å²) in [5.41, 5.74) is 1.20. The van der Waals surface area contributed by atoms with E-state index in [2.05, 4.69) is 49.8 Å². The number of guanidine groups is 1. The number of aryl methyl sites for hydroxylation is 1. The van der Waals surface area contributed by atoms with E-state index in [1.54, 1.807) is 25.3 Å². The number of fused-ring (bicyclic) bond motifs is 1. The number of benzene rings is 1. The molecule has 1 atom stereocenters. The molecule has 0 saturated carbocycles. The van der Waals surface area contributed by atoms with E-state index in [0.29, 0.717) is 5.96 Å². The molecule has 10 heteroatoms. The van der Waals surface area contributed by atoms with E-state index in [0.717, 1.165) is 44.7 Å². The lowest BCUT2D eigenvalue weighted by atomic mass is 10.1. The number of nitrogens with zero attached hydrogens (tertiary/aromatic N) is 6. The van der Waals surface area contributed by atoms with Gasteiger partial charge in [-0.05, 0) is 25.0 Å². The number of amides is 1. The maximum atomic E-state index is 12.0. The summed E-state index contributed by atoms with van der Waals surface area (Å²) in [5, 5.41) is 11.1. The van der Waals surface area contributed by atoms with Crippen molar-refractivity contribution in [1.29, 1.82) is 0 Å². The molecule has 1 aliphatic heterocycles. The first kappa shape index (κ1) is 24.9. The van der Waals surface area contributed by atoms with Crippen LogP contribution in [-0.2, 0) is 17.8 Å².